The summed E-state index contributed by atoms with van der Waals surface area (Å²) >= 11 is 15.2. The highest BCUT2D eigenvalue weighted by Crippen LogP contribution is 2.37. The third-order valence-corrected chi connectivity index (χ3v) is 5.85. The van der Waals surface area contributed by atoms with Crippen LogP contribution in [0.4, 0.5) is 5.69 Å². The number of nitrogens with zero attached hydrogens (tertiary/aromatic N) is 1. The number of benzene rings is 3. The zero-order valence-corrected chi connectivity index (χ0v) is 21.3. The van der Waals surface area contributed by atoms with Crippen molar-refractivity contribution in [3.8, 4) is 11.5 Å². The van der Waals surface area contributed by atoms with E-state index in [1.807, 2.05) is 31.2 Å². The molecule has 0 aliphatic carbocycles. The van der Waals surface area contributed by atoms with Gasteiger partial charge in [-0.25, -0.2) is 5.43 Å². The lowest BCUT2D eigenvalue weighted by molar-refractivity contribution is -0.136. The second-order valence-corrected chi connectivity index (χ2v) is 8.76. The summed E-state index contributed by atoms with van der Waals surface area (Å²) in [5, 5.41) is 6.83. The molecule has 0 unspecified atom stereocenters. The summed E-state index contributed by atoms with van der Waals surface area (Å²) in [4.78, 5) is 24.1. The van der Waals surface area contributed by atoms with E-state index in [9.17, 15) is 9.59 Å². The minimum atomic E-state index is -0.952. The van der Waals surface area contributed by atoms with E-state index in [-0.39, 0.29) is 5.02 Å². The van der Waals surface area contributed by atoms with Gasteiger partial charge in [-0.05, 0) is 64.3 Å². The minimum Gasteiger partial charge on any atom is -0.493 e. The molecule has 3 aromatic rings. The number of carbonyl (C=O) groups excluding carboxylic acids is 2. The fourth-order valence-electron chi connectivity index (χ4n) is 2.77. The summed E-state index contributed by atoms with van der Waals surface area (Å²) in [5.74, 6) is -0.850. The van der Waals surface area contributed by atoms with Gasteiger partial charge in [0.2, 0.25) is 0 Å². The molecule has 7 nitrogen and oxygen atoms in total. The lowest BCUT2D eigenvalue weighted by Gasteiger charge is -2.13. The smallest absolute Gasteiger partial charge is 0.329 e. The van der Waals surface area contributed by atoms with Crippen LogP contribution in [0.5, 0.6) is 11.5 Å². The van der Waals surface area contributed by atoms with Crippen LogP contribution in [0.3, 0.4) is 0 Å². The number of hydrogen-bond acceptors (Lipinski definition) is 5. The van der Waals surface area contributed by atoms with Gasteiger partial charge in [-0.3, -0.25) is 9.59 Å². The number of amides is 2. The van der Waals surface area contributed by atoms with Crippen LogP contribution in [0.15, 0.2) is 64.2 Å². The van der Waals surface area contributed by atoms with E-state index < -0.39 is 11.8 Å². The fourth-order valence-corrected chi connectivity index (χ4v) is 3.64. The standard InChI is InChI=1S/C24H20BrCl2N3O4/c1-14-3-5-15(6-4-14)13-34-22-18(25)9-16(10-21(22)33-2)12-28-30-24(32)23(31)29-17-7-8-19(26)20(27)11-17/h3-12H,13H2,1-2H3,(H,29,31)(H,30,32)/b28-12+. The molecule has 0 aliphatic heterocycles. The number of methoxy groups -OCH3 is 1. The number of ether oxygens (including phenoxy) is 2. The molecule has 3 rings (SSSR count). The average molecular weight is 565 g/mol. The number of hydrogen-bond donors (Lipinski definition) is 2. The first-order valence-electron chi connectivity index (χ1n) is 9.92. The number of halogens is 3. The van der Waals surface area contributed by atoms with Gasteiger partial charge in [0.05, 0.1) is 27.8 Å². The Balaban J connectivity index is 1.61. The van der Waals surface area contributed by atoms with Crippen molar-refractivity contribution in [2.45, 2.75) is 13.5 Å². The number of carbonyl (C=O) groups is 2. The molecule has 176 valence electrons. The molecule has 0 radical (unpaired) electrons. The summed E-state index contributed by atoms with van der Waals surface area (Å²) in [6.07, 6.45) is 1.38. The predicted octanol–water partition coefficient (Wildman–Crippen LogP) is 5.74. The van der Waals surface area contributed by atoms with Crippen LogP contribution in [-0.2, 0) is 16.2 Å². The van der Waals surface area contributed by atoms with Gasteiger partial charge in [-0.2, -0.15) is 5.10 Å². The summed E-state index contributed by atoms with van der Waals surface area (Å²) < 4.78 is 12.0. The van der Waals surface area contributed by atoms with Crippen molar-refractivity contribution in [3.05, 3.63) is 85.8 Å². The van der Waals surface area contributed by atoms with Gasteiger partial charge in [-0.15, -0.1) is 0 Å². The van der Waals surface area contributed by atoms with E-state index in [0.717, 1.165) is 5.56 Å². The van der Waals surface area contributed by atoms with Crippen LogP contribution in [0.25, 0.3) is 0 Å². The van der Waals surface area contributed by atoms with E-state index in [1.165, 1.54) is 37.1 Å². The summed E-state index contributed by atoms with van der Waals surface area (Å²) in [6, 6.07) is 15.9. The third kappa shape index (κ3) is 6.96. The van der Waals surface area contributed by atoms with E-state index in [0.29, 0.717) is 38.9 Å². The van der Waals surface area contributed by atoms with Crippen molar-refractivity contribution in [2.75, 3.05) is 12.4 Å². The van der Waals surface area contributed by atoms with Crippen LogP contribution < -0.4 is 20.2 Å². The van der Waals surface area contributed by atoms with Gasteiger partial charge < -0.3 is 14.8 Å². The summed E-state index contributed by atoms with van der Waals surface area (Å²) in [7, 11) is 1.52. The van der Waals surface area contributed by atoms with Crippen LogP contribution in [-0.4, -0.2) is 25.1 Å². The summed E-state index contributed by atoms with van der Waals surface area (Å²) in [5.41, 5.74) is 5.30. The highest BCUT2D eigenvalue weighted by atomic mass is 79.9. The fraction of sp³-hybridized carbons (Fsp3) is 0.125. The lowest BCUT2D eigenvalue weighted by Crippen LogP contribution is -2.32. The first kappa shape index (κ1) is 25.6. The summed E-state index contributed by atoms with van der Waals surface area (Å²) in [6.45, 7) is 2.39. The maximum Gasteiger partial charge on any atom is 0.329 e. The van der Waals surface area contributed by atoms with Gasteiger partial charge >= 0.3 is 11.8 Å². The normalized spacial score (nSPS) is 10.7. The van der Waals surface area contributed by atoms with Crippen LogP contribution in [0, 0.1) is 6.92 Å². The van der Waals surface area contributed by atoms with Crippen molar-refractivity contribution >= 4 is 62.8 Å². The Bertz CT molecular complexity index is 1230. The number of hydrazone groups is 1. The van der Waals surface area contributed by atoms with E-state index in [4.69, 9.17) is 32.7 Å². The lowest BCUT2D eigenvalue weighted by atomic mass is 10.2. The zero-order chi connectivity index (χ0) is 24.7. The quantitative estimate of drug-likeness (QED) is 0.217. The molecule has 0 bridgehead atoms. The first-order chi connectivity index (χ1) is 16.3. The third-order valence-electron chi connectivity index (χ3n) is 4.52. The molecule has 0 saturated carbocycles. The van der Waals surface area contributed by atoms with Crippen molar-refractivity contribution in [1.82, 2.24) is 5.43 Å². The van der Waals surface area contributed by atoms with Gasteiger partial charge in [0, 0.05) is 5.69 Å². The Morgan fingerprint density at radius 1 is 1.03 bits per heavy atom. The topological polar surface area (TPSA) is 89.0 Å². The van der Waals surface area contributed by atoms with Gasteiger partial charge in [-0.1, -0.05) is 53.0 Å². The number of rotatable bonds is 7. The largest absolute Gasteiger partial charge is 0.493 e. The minimum absolute atomic E-state index is 0.253. The molecule has 0 spiro atoms. The van der Waals surface area contributed by atoms with E-state index in [1.54, 1.807) is 12.1 Å². The predicted molar refractivity (Wildman–Crippen MR) is 137 cm³/mol. The van der Waals surface area contributed by atoms with Crippen molar-refractivity contribution < 1.29 is 19.1 Å². The first-order valence-corrected chi connectivity index (χ1v) is 11.5. The number of aryl methyl sites for hydroxylation is 1. The van der Waals surface area contributed by atoms with Crippen LogP contribution >= 0.6 is 39.1 Å². The highest BCUT2D eigenvalue weighted by Gasteiger charge is 2.14. The Kier molecular flexibility index (Phi) is 8.92. The molecule has 0 saturated heterocycles. The monoisotopic (exact) mass is 563 g/mol. The highest BCUT2D eigenvalue weighted by molar-refractivity contribution is 9.10. The van der Waals surface area contributed by atoms with Gasteiger partial charge in [0.1, 0.15) is 6.61 Å². The van der Waals surface area contributed by atoms with Crippen LogP contribution in [0.2, 0.25) is 10.0 Å². The molecule has 3 aromatic carbocycles. The molecular formula is C24H20BrCl2N3O4. The molecule has 34 heavy (non-hydrogen) atoms. The molecule has 0 atom stereocenters. The molecule has 0 aliphatic rings. The van der Waals surface area contributed by atoms with Crippen molar-refractivity contribution in [1.29, 1.82) is 0 Å². The SMILES string of the molecule is COc1cc(/C=N/NC(=O)C(=O)Nc2ccc(Cl)c(Cl)c2)cc(Br)c1OCc1ccc(C)cc1. The molecule has 0 fully saturated rings. The molecular weight excluding hydrogens is 545 g/mol. The van der Waals surface area contributed by atoms with E-state index >= 15 is 0 Å². The Hall–Kier alpha value is -3.07. The van der Waals surface area contributed by atoms with Gasteiger partial charge in [0.15, 0.2) is 11.5 Å². The maximum absolute atomic E-state index is 12.0. The Morgan fingerprint density at radius 2 is 1.76 bits per heavy atom. The van der Waals surface area contributed by atoms with Crippen LogP contribution in [0.1, 0.15) is 16.7 Å². The Labute approximate surface area is 215 Å². The molecule has 0 aromatic heterocycles. The second-order valence-electron chi connectivity index (χ2n) is 7.09. The zero-order valence-electron chi connectivity index (χ0n) is 18.2. The molecule has 10 heteroatoms. The number of nitrogens with one attached hydrogen (secondary N) is 2. The van der Waals surface area contributed by atoms with Crippen molar-refractivity contribution in [3.63, 3.8) is 0 Å². The second kappa shape index (κ2) is 11.9. The Morgan fingerprint density at radius 3 is 2.44 bits per heavy atom. The number of anilines is 1. The maximum atomic E-state index is 12.0. The average Bonchev–Trinajstić information content (AvgIpc) is 2.81. The molecule has 2 N–H and O–H groups in total. The molecule has 2 amide bonds. The van der Waals surface area contributed by atoms with E-state index in [2.05, 4.69) is 31.8 Å². The molecule has 0 heterocycles. The van der Waals surface area contributed by atoms with Crippen molar-refractivity contribution in [2.24, 2.45) is 5.10 Å². The van der Waals surface area contributed by atoms with Gasteiger partial charge in [0.25, 0.3) is 0 Å².